The molecule has 0 aliphatic heterocycles. The fraction of sp³-hybridized carbons (Fsp3) is 0.727. The lowest BCUT2D eigenvalue weighted by Crippen LogP contribution is -2.06. The molecule has 1 radical (unpaired) electrons. The molecule has 0 aromatic heterocycles. The van der Waals surface area contributed by atoms with Crippen molar-refractivity contribution < 1.29 is 0 Å². The summed E-state index contributed by atoms with van der Waals surface area (Å²) in [5.41, 5.74) is 0. The third-order valence-electron chi connectivity index (χ3n) is 2.77. The van der Waals surface area contributed by atoms with Crippen molar-refractivity contribution in [2.24, 2.45) is 5.92 Å². The molecule has 0 nitrogen and oxygen atoms in total. The predicted molar refractivity (Wildman–Crippen MR) is 50.3 cm³/mol. The van der Waals surface area contributed by atoms with Gasteiger partial charge in [-0.3, -0.25) is 0 Å². The maximum absolute atomic E-state index is 2.36. The van der Waals surface area contributed by atoms with E-state index in [-0.39, 0.29) is 0 Å². The van der Waals surface area contributed by atoms with Gasteiger partial charge in [-0.2, -0.15) is 0 Å². The fourth-order valence-corrected chi connectivity index (χ4v) is 1.71. The summed E-state index contributed by atoms with van der Waals surface area (Å²) >= 11 is 0. The van der Waals surface area contributed by atoms with E-state index in [1.54, 1.807) is 5.92 Å². The standard InChI is InChI=1S/C11H19/c1-3-10(2)11-8-6-4-5-7-9-11/h4,6,11H,3,5,7-9H2,1-2H3. The largest absolute Gasteiger partial charge is 0.0885 e. The Morgan fingerprint density at radius 2 is 2.27 bits per heavy atom. The van der Waals surface area contributed by atoms with Crippen LogP contribution in [0.5, 0.6) is 0 Å². The summed E-state index contributed by atoms with van der Waals surface area (Å²) in [7, 11) is 0. The minimum atomic E-state index is 0.888. The minimum absolute atomic E-state index is 0.888. The molecule has 1 unspecified atom stereocenters. The Balaban J connectivity index is 2.37. The lowest BCUT2D eigenvalue weighted by atomic mass is 9.86. The Morgan fingerprint density at radius 1 is 1.45 bits per heavy atom. The molecule has 0 bridgehead atoms. The molecule has 0 heteroatoms. The molecule has 0 spiro atoms. The van der Waals surface area contributed by atoms with Gasteiger partial charge in [0, 0.05) is 0 Å². The Bertz CT molecular complexity index is 124. The van der Waals surface area contributed by atoms with Crippen LogP contribution in [0.1, 0.15) is 46.0 Å². The second-order valence-electron chi connectivity index (χ2n) is 3.53. The zero-order valence-corrected chi connectivity index (χ0v) is 7.77. The highest BCUT2D eigenvalue weighted by atomic mass is 14.2. The summed E-state index contributed by atoms with van der Waals surface area (Å²) in [5.74, 6) is 2.58. The molecular weight excluding hydrogens is 132 g/mol. The smallest absolute Gasteiger partial charge is 0.0241 e. The van der Waals surface area contributed by atoms with Crippen LogP contribution in [0.25, 0.3) is 0 Å². The highest BCUT2D eigenvalue weighted by molar-refractivity contribution is 4.98. The van der Waals surface area contributed by atoms with Crippen molar-refractivity contribution in [3.63, 3.8) is 0 Å². The molecule has 0 saturated heterocycles. The van der Waals surface area contributed by atoms with Gasteiger partial charge in [0.15, 0.2) is 0 Å². The number of allylic oxidation sites excluding steroid dienone is 2. The van der Waals surface area contributed by atoms with E-state index < -0.39 is 0 Å². The van der Waals surface area contributed by atoms with Gasteiger partial charge in [-0.25, -0.2) is 0 Å². The highest BCUT2D eigenvalue weighted by Crippen LogP contribution is 2.28. The number of hydrogen-bond donors (Lipinski definition) is 0. The van der Waals surface area contributed by atoms with Crippen molar-refractivity contribution in [1.82, 2.24) is 0 Å². The van der Waals surface area contributed by atoms with Gasteiger partial charge in [0.2, 0.25) is 0 Å². The topological polar surface area (TPSA) is 0 Å². The number of hydrogen-bond acceptors (Lipinski definition) is 0. The van der Waals surface area contributed by atoms with E-state index in [0.717, 1.165) is 5.92 Å². The molecule has 0 N–H and O–H groups in total. The zero-order chi connectivity index (χ0) is 8.10. The predicted octanol–water partition coefficient (Wildman–Crippen LogP) is 3.74. The van der Waals surface area contributed by atoms with E-state index in [0.29, 0.717) is 0 Å². The molecule has 0 aromatic rings. The molecular formula is C11H19. The molecule has 11 heavy (non-hydrogen) atoms. The monoisotopic (exact) mass is 151 g/mol. The van der Waals surface area contributed by atoms with Crippen molar-refractivity contribution >= 4 is 0 Å². The van der Waals surface area contributed by atoms with E-state index in [2.05, 4.69) is 26.0 Å². The first-order valence-corrected chi connectivity index (χ1v) is 4.82. The average Bonchev–Trinajstić information content (AvgIpc) is 2.30. The van der Waals surface area contributed by atoms with Gasteiger partial charge < -0.3 is 0 Å². The van der Waals surface area contributed by atoms with E-state index in [1.807, 2.05) is 0 Å². The Hall–Kier alpha value is -0.260. The number of rotatable bonds is 2. The zero-order valence-electron chi connectivity index (χ0n) is 7.77. The molecule has 0 saturated carbocycles. The van der Waals surface area contributed by atoms with Gasteiger partial charge in [0.25, 0.3) is 0 Å². The first kappa shape index (κ1) is 8.83. The van der Waals surface area contributed by atoms with Crippen LogP contribution in [-0.2, 0) is 0 Å². The highest BCUT2D eigenvalue weighted by Gasteiger charge is 2.15. The van der Waals surface area contributed by atoms with Gasteiger partial charge >= 0.3 is 0 Å². The summed E-state index contributed by atoms with van der Waals surface area (Å²) in [4.78, 5) is 0. The van der Waals surface area contributed by atoms with Crippen LogP contribution in [0.15, 0.2) is 12.2 Å². The van der Waals surface area contributed by atoms with Crippen LogP contribution in [0.4, 0.5) is 0 Å². The fourth-order valence-electron chi connectivity index (χ4n) is 1.71. The first-order chi connectivity index (χ1) is 5.34. The van der Waals surface area contributed by atoms with Crippen LogP contribution in [0.3, 0.4) is 0 Å². The lowest BCUT2D eigenvalue weighted by molar-refractivity contribution is 0.484. The van der Waals surface area contributed by atoms with Crippen molar-refractivity contribution in [3.05, 3.63) is 18.1 Å². The van der Waals surface area contributed by atoms with Crippen molar-refractivity contribution in [1.29, 1.82) is 0 Å². The maximum atomic E-state index is 2.36. The second kappa shape index (κ2) is 4.58. The third-order valence-corrected chi connectivity index (χ3v) is 2.77. The van der Waals surface area contributed by atoms with Crippen molar-refractivity contribution in [3.8, 4) is 0 Å². The third kappa shape index (κ3) is 2.69. The summed E-state index contributed by atoms with van der Waals surface area (Å²) in [6.45, 7) is 4.58. The molecule has 0 heterocycles. The summed E-state index contributed by atoms with van der Waals surface area (Å²) in [5, 5.41) is 0. The van der Waals surface area contributed by atoms with Gasteiger partial charge in [-0.05, 0) is 43.9 Å². The SMILES string of the molecule is CC[C](C)C1CC=CCCC1. The van der Waals surface area contributed by atoms with E-state index in [4.69, 9.17) is 0 Å². The molecule has 63 valence electrons. The maximum Gasteiger partial charge on any atom is -0.0241 e. The van der Waals surface area contributed by atoms with Crippen LogP contribution in [-0.4, -0.2) is 0 Å². The normalized spacial score (nSPS) is 25.5. The van der Waals surface area contributed by atoms with Crippen LogP contribution in [0.2, 0.25) is 0 Å². The van der Waals surface area contributed by atoms with Crippen LogP contribution in [0, 0.1) is 11.8 Å². The summed E-state index contributed by atoms with van der Waals surface area (Å²) in [6.07, 6.45) is 11.3. The van der Waals surface area contributed by atoms with Crippen LogP contribution >= 0.6 is 0 Å². The van der Waals surface area contributed by atoms with Crippen molar-refractivity contribution in [2.75, 3.05) is 0 Å². The minimum Gasteiger partial charge on any atom is -0.0885 e. The van der Waals surface area contributed by atoms with Gasteiger partial charge in [0.05, 0.1) is 0 Å². The molecule has 0 fully saturated rings. The molecule has 1 rings (SSSR count). The van der Waals surface area contributed by atoms with Gasteiger partial charge in [0.1, 0.15) is 0 Å². The second-order valence-corrected chi connectivity index (χ2v) is 3.53. The quantitative estimate of drug-likeness (QED) is 0.527. The Morgan fingerprint density at radius 3 is 3.00 bits per heavy atom. The summed E-state index contributed by atoms with van der Waals surface area (Å²) in [6, 6.07) is 0. The molecule has 1 aliphatic carbocycles. The molecule has 0 aromatic carbocycles. The van der Waals surface area contributed by atoms with E-state index in [1.165, 1.54) is 32.1 Å². The van der Waals surface area contributed by atoms with E-state index in [9.17, 15) is 0 Å². The Labute approximate surface area is 70.7 Å². The first-order valence-electron chi connectivity index (χ1n) is 4.82. The molecule has 1 aliphatic rings. The molecule has 0 amide bonds. The van der Waals surface area contributed by atoms with Gasteiger partial charge in [-0.15, -0.1) is 0 Å². The van der Waals surface area contributed by atoms with E-state index >= 15 is 0 Å². The average molecular weight is 151 g/mol. The van der Waals surface area contributed by atoms with Crippen molar-refractivity contribution in [2.45, 2.75) is 46.0 Å². The van der Waals surface area contributed by atoms with Gasteiger partial charge in [-0.1, -0.05) is 26.0 Å². The summed E-state index contributed by atoms with van der Waals surface area (Å²) < 4.78 is 0. The molecule has 1 atom stereocenters. The lowest BCUT2D eigenvalue weighted by Gasteiger charge is -2.19. The Kier molecular flexibility index (Phi) is 3.68. The van der Waals surface area contributed by atoms with Crippen LogP contribution < -0.4 is 0 Å².